The molecule has 5 nitrogen and oxygen atoms in total. The molecule has 3 rings (SSSR count). The molecule has 1 N–H and O–H groups in total. The van der Waals surface area contributed by atoms with Gasteiger partial charge < -0.3 is 5.32 Å². The Morgan fingerprint density at radius 3 is 3.00 bits per heavy atom. The molecule has 0 saturated carbocycles. The van der Waals surface area contributed by atoms with Crippen molar-refractivity contribution in [2.45, 2.75) is 49.8 Å². The number of pyridine rings is 1. The van der Waals surface area contributed by atoms with Gasteiger partial charge in [-0.15, -0.1) is 11.3 Å². The van der Waals surface area contributed by atoms with Gasteiger partial charge in [-0.25, -0.2) is 9.97 Å². The summed E-state index contributed by atoms with van der Waals surface area (Å²) in [6.07, 6.45) is 3.69. The monoisotopic (exact) mass is 358 g/mol. The highest BCUT2D eigenvalue weighted by Gasteiger charge is 2.23. The van der Waals surface area contributed by atoms with Gasteiger partial charge in [0.25, 0.3) is 0 Å². The summed E-state index contributed by atoms with van der Waals surface area (Å²) >= 11 is 2.79. The minimum Gasteiger partial charge on any atom is -0.301 e. The lowest BCUT2D eigenvalue weighted by atomic mass is 10.2. The van der Waals surface area contributed by atoms with E-state index < -0.39 is 0 Å². The lowest BCUT2D eigenvalue weighted by Crippen LogP contribution is -2.24. The van der Waals surface area contributed by atoms with Crippen LogP contribution in [0, 0.1) is 18.3 Å². The Labute approximate surface area is 149 Å². The molecule has 1 unspecified atom stereocenters. The molecule has 7 heteroatoms. The van der Waals surface area contributed by atoms with Gasteiger partial charge in [-0.2, -0.15) is 5.26 Å². The second-order valence-corrected chi connectivity index (χ2v) is 7.76. The lowest BCUT2D eigenvalue weighted by molar-refractivity contribution is -0.115. The fourth-order valence-electron chi connectivity index (χ4n) is 2.68. The largest absolute Gasteiger partial charge is 0.301 e. The van der Waals surface area contributed by atoms with E-state index in [4.69, 9.17) is 0 Å². The Morgan fingerprint density at radius 2 is 2.33 bits per heavy atom. The van der Waals surface area contributed by atoms with E-state index >= 15 is 0 Å². The van der Waals surface area contributed by atoms with Crippen molar-refractivity contribution in [3.05, 3.63) is 34.0 Å². The van der Waals surface area contributed by atoms with Gasteiger partial charge in [0.05, 0.1) is 16.5 Å². The summed E-state index contributed by atoms with van der Waals surface area (Å²) in [6, 6.07) is 4.16. The second kappa shape index (κ2) is 7.32. The van der Waals surface area contributed by atoms with E-state index in [9.17, 15) is 10.1 Å². The number of nitrogens with one attached hydrogen (secondary N) is 1. The van der Waals surface area contributed by atoms with E-state index in [-0.39, 0.29) is 11.2 Å². The van der Waals surface area contributed by atoms with Crippen LogP contribution in [0.5, 0.6) is 0 Å². The second-order valence-electron chi connectivity index (χ2n) is 5.71. The van der Waals surface area contributed by atoms with Crippen LogP contribution in [0.4, 0.5) is 5.13 Å². The normalized spacial score (nSPS) is 14.0. The minimum atomic E-state index is -0.298. The predicted octanol–water partition coefficient (Wildman–Crippen LogP) is 3.72. The van der Waals surface area contributed by atoms with Gasteiger partial charge in [-0.3, -0.25) is 4.79 Å². The zero-order chi connectivity index (χ0) is 17.1. The van der Waals surface area contributed by atoms with Gasteiger partial charge in [0, 0.05) is 11.1 Å². The van der Waals surface area contributed by atoms with Crippen LogP contribution in [0.3, 0.4) is 0 Å². The molecule has 124 valence electrons. The summed E-state index contributed by atoms with van der Waals surface area (Å²) in [5, 5.41) is 15.1. The number of fused-ring (bicyclic) bond motifs is 1. The maximum atomic E-state index is 12.5. The number of anilines is 1. The Hall–Kier alpha value is -1.91. The first kappa shape index (κ1) is 16.9. The van der Waals surface area contributed by atoms with Gasteiger partial charge in [0.15, 0.2) is 5.13 Å². The van der Waals surface area contributed by atoms with E-state index in [0.717, 1.165) is 30.7 Å². The third-order valence-corrected chi connectivity index (χ3v) is 6.14. The van der Waals surface area contributed by atoms with Crippen LogP contribution in [-0.4, -0.2) is 21.1 Å². The zero-order valence-corrected chi connectivity index (χ0v) is 15.3. The van der Waals surface area contributed by atoms with E-state index in [0.29, 0.717) is 22.1 Å². The molecule has 0 spiro atoms. The third kappa shape index (κ3) is 3.60. The molecule has 0 aromatic carbocycles. The summed E-state index contributed by atoms with van der Waals surface area (Å²) in [7, 11) is 0. The van der Waals surface area contributed by atoms with Crippen LogP contribution in [0.15, 0.2) is 16.5 Å². The number of thioether (sulfide) groups is 1. The molecule has 0 fully saturated rings. The third-order valence-electron chi connectivity index (χ3n) is 3.90. The molecule has 1 amide bonds. The molecule has 2 heterocycles. The predicted molar refractivity (Wildman–Crippen MR) is 96.4 cm³/mol. The summed E-state index contributed by atoms with van der Waals surface area (Å²) in [6.45, 7) is 3.86. The van der Waals surface area contributed by atoms with Crippen molar-refractivity contribution in [1.82, 2.24) is 9.97 Å². The van der Waals surface area contributed by atoms with Crippen LogP contribution < -0.4 is 5.32 Å². The van der Waals surface area contributed by atoms with Gasteiger partial charge in [-0.05, 0) is 44.2 Å². The van der Waals surface area contributed by atoms with E-state index in [1.54, 1.807) is 0 Å². The molecule has 24 heavy (non-hydrogen) atoms. The number of hydrogen-bond acceptors (Lipinski definition) is 6. The summed E-state index contributed by atoms with van der Waals surface area (Å²) in [4.78, 5) is 21.4. The first-order chi connectivity index (χ1) is 11.6. The Bertz CT molecular complexity index is 809. The quantitative estimate of drug-likeness (QED) is 0.824. The van der Waals surface area contributed by atoms with Crippen LogP contribution >= 0.6 is 23.1 Å². The number of nitriles is 1. The average Bonchev–Trinajstić information content (AvgIpc) is 3.19. The fourth-order valence-corrected chi connectivity index (χ4v) is 4.36. The van der Waals surface area contributed by atoms with E-state index in [1.807, 2.05) is 25.3 Å². The molecular formula is C17H18N4OS2. The standard InChI is InChI=1S/C17H18N4OS2/c1-3-14(15(22)21-17-19-10(2)9-23-17)24-16-12(8-18)7-11-5-4-6-13(11)20-16/h7,9,14H,3-6H2,1-2H3,(H,19,21,22). The molecule has 2 aromatic rings. The van der Waals surface area contributed by atoms with Gasteiger partial charge in [0.1, 0.15) is 11.1 Å². The highest BCUT2D eigenvalue weighted by Crippen LogP contribution is 2.31. The first-order valence-corrected chi connectivity index (χ1v) is 9.69. The lowest BCUT2D eigenvalue weighted by Gasteiger charge is -2.14. The SMILES string of the molecule is CCC(Sc1nc2c(cc1C#N)CCC2)C(=O)Nc1nc(C)cs1. The highest BCUT2D eigenvalue weighted by atomic mass is 32.2. The Kier molecular flexibility index (Phi) is 5.17. The fraction of sp³-hybridized carbons (Fsp3) is 0.412. The van der Waals surface area contributed by atoms with Gasteiger partial charge >= 0.3 is 0 Å². The number of thiazole rings is 1. The summed E-state index contributed by atoms with van der Waals surface area (Å²) in [5.41, 5.74) is 3.70. The van der Waals surface area contributed by atoms with Crippen LogP contribution in [0.1, 0.15) is 42.3 Å². The van der Waals surface area contributed by atoms with Crippen LogP contribution in [-0.2, 0) is 17.6 Å². The first-order valence-electron chi connectivity index (χ1n) is 7.93. The van der Waals surface area contributed by atoms with Crippen molar-refractivity contribution in [3.63, 3.8) is 0 Å². The van der Waals surface area contributed by atoms with Crippen molar-refractivity contribution in [1.29, 1.82) is 5.26 Å². The number of aryl methyl sites for hydroxylation is 3. The maximum Gasteiger partial charge on any atom is 0.239 e. The number of hydrogen-bond donors (Lipinski definition) is 1. The molecule has 1 aliphatic rings. The molecule has 2 aromatic heterocycles. The van der Waals surface area contributed by atoms with Crippen LogP contribution in [0.25, 0.3) is 0 Å². The maximum absolute atomic E-state index is 12.5. The van der Waals surface area contributed by atoms with Gasteiger partial charge in [-0.1, -0.05) is 18.7 Å². The van der Waals surface area contributed by atoms with Crippen LogP contribution in [0.2, 0.25) is 0 Å². The number of rotatable bonds is 5. The highest BCUT2D eigenvalue weighted by molar-refractivity contribution is 8.00. The van der Waals surface area contributed by atoms with Crippen molar-refractivity contribution < 1.29 is 4.79 Å². The molecule has 0 saturated heterocycles. The van der Waals surface area contributed by atoms with Crippen molar-refractivity contribution in [2.75, 3.05) is 5.32 Å². The number of carbonyl (C=O) groups excluding carboxylic acids is 1. The minimum absolute atomic E-state index is 0.0944. The number of carbonyl (C=O) groups is 1. The smallest absolute Gasteiger partial charge is 0.239 e. The topological polar surface area (TPSA) is 78.7 Å². The van der Waals surface area contributed by atoms with Crippen molar-refractivity contribution in [3.8, 4) is 6.07 Å². The zero-order valence-electron chi connectivity index (χ0n) is 13.6. The summed E-state index contributed by atoms with van der Waals surface area (Å²) < 4.78 is 0. The van der Waals surface area contributed by atoms with Crippen molar-refractivity contribution in [2.24, 2.45) is 0 Å². The van der Waals surface area contributed by atoms with Crippen molar-refractivity contribution >= 4 is 34.1 Å². The summed E-state index contributed by atoms with van der Waals surface area (Å²) in [5.74, 6) is -0.0944. The molecule has 1 atom stereocenters. The number of amides is 1. The van der Waals surface area contributed by atoms with Gasteiger partial charge in [0.2, 0.25) is 5.91 Å². The molecule has 0 aliphatic heterocycles. The molecule has 0 radical (unpaired) electrons. The molecule has 1 aliphatic carbocycles. The Morgan fingerprint density at radius 1 is 1.50 bits per heavy atom. The average molecular weight is 358 g/mol. The Balaban J connectivity index is 1.78. The molecule has 0 bridgehead atoms. The van der Waals surface area contributed by atoms with E-state index in [2.05, 4.69) is 21.4 Å². The number of nitrogens with zero attached hydrogens (tertiary/aromatic N) is 3. The number of aromatic nitrogens is 2. The molecular weight excluding hydrogens is 340 g/mol. The van der Waals surface area contributed by atoms with E-state index in [1.165, 1.54) is 28.7 Å².